The minimum absolute atomic E-state index is 0.00354. The SMILES string of the molecule is Cc1ccc(C)c(C(C)NC(=O)CCCc2ncc(-c3ccccc3)o2)c1. The summed E-state index contributed by atoms with van der Waals surface area (Å²) in [6.45, 7) is 6.17. The average molecular weight is 362 g/mol. The predicted molar refractivity (Wildman–Crippen MR) is 107 cm³/mol. The highest BCUT2D eigenvalue weighted by Gasteiger charge is 2.13. The van der Waals surface area contributed by atoms with Gasteiger partial charge >= 0.3 is 0 Å². The molecule has 0 aliphatic rings. The highest BCUT2D eigenvalue weighted by Crippen LogP contribution is 2.21. The zero-order valence-corrected chi connectivity index (χ0v) is 16.2. The van der Waals surface area contributed by atoms with E-state index in [-0.39, 0.29) is 11.9 Å². The molecule has 27 heavy (non-hydrogen) atoms. The molecule has 0 spiro atoms. The van der Waals surface area contributed by atoms with Crippen molar-refractivity contribution >= 4 is 5.91 Å². The van der Waals surface area contributed by atoms with Gasteiger partial charge in [0, 0.05) is 18.4 Å². The zero-order valence-electron chi connectivity index (χ0n) is 16.2. The van der Waals surface area contributed by atoms with Crippen molar-refractivity contribution in [2.75, 3.05) is 0 Å². The van der Waals surface area contributed by atoms with Gasteiger partial charge in [0.1, 0.15) is 0 Å². The molecule has 3 aromatic rings. The fourth-order valence-electron chi connectivity index (χ4n) is 3.18. The number of carbonyl (C=O) groups is 1. The summed E-state index contributed by atoms with van der Waals surface area (Å²) >= 11 is 0. The molecule has 1 N–H and O–H groups in total. The van der Waals surface area contributed by atoms with Gasteiger partial charge in [-0.05, 0) is 38.3 Å². The van der Waals surface area contributed by atoms with Crippen molar-refractivity contribution in [3.05, 3.63) is 77.3 Å². The van der Waals surface area contributed by atoms with Gasteiger partial charge in [0.25, 0.3) is 0 Å². The molecule has 0 saturated heterocycles. The average Bonchev–Trinajstić information content (AvgIpc) is 3.13. The molecule has 0 aliphatic carbocycles. The van der Waals surface area contributed by atoms with E-state index in [1.165, 1.54) is 16.7 Å². The van der Waals surface area contributed by atoms with Crippen molar-refractivity contribution in [1.82, 2.24) is 10.3 Å². The van der Waals surface area contributed by atoms with E-state index >= 15 is 0 Å². The van der Waals surface area contributed by atoms with Crippen LogP contribution < -0.4 is 5.32 Å². The van der Waals surface area contributed by atoms with E-state index in [0.717, 1.165) is 11.3 Å². The Labute approximate surface area is 160 Å². The normalized spacial score (nSPS) is 12.0. The van der Waals surface area contributed by atoms with E-state index in [2.05, 4.69) is 42.3 Å². The molecular weight excluding hydrogens is 336 g/mol. The third-order valence-electron chi connectivity index (χ3n) is 4.69. The molecule has 4 heteroatoms. The summed E-state index contributed by atoms with van der Waals surface area (Å²) in [6, 6.07) is 16.2. The number of hydrogen-bond acceptors (Lipinski definition) is 3. The number of nitrogens with zero attached hydrogens (tertiary/aromatic N) is 1. The van der Waals surface area contributed by atoms with E-state index in [9.17, 15) is 4.79 Å². The second-order valence-electron chi connectivity index (χ2n) is 6.99. The van der Waals surface area contributed by atoms with Crippen LogP contribution in [-0.4, -0.2) is 10.9 Å². The van der Waals surface area contributed by atoms with Crippen LogP contribution in [0.3, 0.4) is 0 Å². The van der Waals surface area contributed by atoms with Crippen LogP contribution in [-0.2, 0) is 11.2 Å². The minimum Gasteiger partial charge on any atom is -0.441 e. The molecule has 1 aromatic heterocycles. The number of carbonyl (C=O) groups excluding carboxylic acids is 1. The standard InChI is InChI=1S/C23H26N2O2/c1-16-12-13-17(2)20(14-16)18(3)25-22(26)10-7-11-23-24-15-21(27-23)19-8-5-4-6-9-19/h4-6,8-9,12-15,18H,7,10-11H2,1-3H3,(H,25,26). The zero-order chi connectivity index (χ0) is 19.2. The van der Waals surface area contributed by atoms with Crippen molar-refractivity contribution < 1.29 is 9.21 Å². The smallest absolute Gasteiger partial charge is 0.220 e. The molecule has 0 aliphatic heterocycles. The number of benzene rings is 2. The lowest BCUT2D eigenvalue weighted by atomic mass is 10.00. The maximum atomic E-state index is 12.3. The summed E-state index contributed by atoms with van der Waals surface area (Å²) in [4.78, 5) is 16.6. The maximum absolute atomic E-state index is 12.3. The monoisotopic (exact) mass is 362 g/mol. The lowest BCUT2D eigenvalue weighted by molar-refractivity contribution is -0.121. The van der Waals surface area contributed by atoms with Crippen LogP contribution in [0.15, 0.2) is 59.1 Å². The number of oxazole rings is 1. The first-order chi connectivity index (χ1) is 13.0. The number of hydrogen-bond donors (Lipinski definition) is 1. The van der Waals surface area contributed by atoms with Crippen LogP contribution in [0.1, 0.15) is 48.4 Å². The van der Waals surface area contributed by atoms with Crippen molar-refractivity contribution in [3.8, 4) is 11.3 Å². The molecule has 1 unspecified atom stereocenters. The van der Waals surface area contributed by atoms with Gasteiger partial charge in [-0.2, -0.15) is 0 Å². The van der Waals surface area contributed by atoms with E-state index in [0.29, 0.717) is 25.2 Å². The molecule has 0 saturated carbocycles. The molecule has 4 nitrogen and oxygen atoms in total. The van der Waals surface area contributed by atoms with Crippen LogP contribution in [0.2, 0.25) is 0 Å². The Morgan fingerprint density at radius 3 is 2.70 bits per heavy atom. The molecule has 1 amide bonds. The van der Waals surface area contributed by atoms with E-state index in [4.69, 9.17) is 4.42 Å². The van der Waals surface area contributed by atoms with Crippen molar-refractivity contribution in [3.63, 3.8) is 0 Å². The second kappa shape index (κ2) is 8.67. The van der Waals surface area contributed by atoms with Gasteiger partial charge in [-0.1, -0.05) is 54.1 Å². The van der Waals surface area contributed by atoms with Gasteiger partial charge in [-0.3, -0.25) is 4.79 Å². The fourth-order valence-corrected chi connectivity index (χ4v) is 3.18. The first-order valence-corrected chi connectivity index (χ1v) is 9.39. The van der Waals surface area contributed by atoms with Gasteiger partial charge in [0.15, 0.2) is 11.7 Å². The predicted octanol–water partition coefficient (Wildman–Crippen LogP) is 5.16. The lowest BCUT2D eigenvalue weighted by Gasteiger charge is -2.17. The van der Waals surface area contributed by atoms with Crippen LogP contribution in [0.25, 0.3) is 11.3 Å². The molecule has 140 valence electrons. The number of rotatable bonds is 7. The molecule has 1 heterocycles. The van der Waals surface area contributed by atoms with Gasteiger partial charge < -0.3 is 9.73 Å². The molecule has 3 rings (SSSR count). The Morgan fingerprint density at radius 1 is 1.15 bits per heavy atom. The van der Waals surface area contributed by atoms with Crippen molar-refractivity contribution in [2.24, 2.45) is 0 Å². The molecular formula is C23H26N2O2. The highest BCUT2D eigenvalue weighted by molar-refractivity contribution is 5.76. The van der Waals surface area contributed by atoms with Crippen LogP contribution in [0.4, 0.5) is 0 Å². The summed E-state index contributed by atoms with van der Waals surface area (Å²) in [7, 11) is 0. The van der Waals surface area contributed by atoms with Gasteiger partial charge in [-0.15, -0.1) is 0 Å². The van der Waals surface area contributed by atoms with Gasteiger partial charge in [0.2, 0.25) is 5.91 Å². The Morgan fingerprint density at radius 2 is 1.93 bits per heavy atom. The molecule has 2 aromatic carbocycles. The Kier molecular flexibility index (Phi) is 6.07. The number of nitrogens with one attached hydrogen (secondary N) is 1. The summed E-state index contributed by atoms with van der Waals surface area (Å²) in [5, 5.41) is 3.09. The Hall–Kier alpha value is -2.88. The molecule has 0 bridgehead atoms. The van der Waals surface area contributed by atoms with Crippen molar-refractivity contribution in [1.29, 1.82) is 0 Å². The van der Waals surface area contributed by atoms with E-state index in [1.54, 1.807) is 6.20 Å². The third kappa shape index (κ3) is 5.07. The third-order valence-corrected chi connectivity index (χ3v) is 4.69. The molecule has 0 radical (unpaired) electrons. The van der Waals surface area contributed by atoms with Crippen molar-refractivity contribution in [2.45, 2.75) is 46.1 Å². The lowest BCUT2D eigenvalue weighted by Crippen LogP contribution is -2.27. The highest BCUT2D eigenvalue weighted by atomic mass is 16.4. The molecule has 0 fully saturated rings. The maximum Gasteiger partial charge on any atom is 0.220 e. The summed E-state index contributed by atoms with van der Waals surface area (Å²) < 4.78 is 5.79. The number of aryl methyl sites for hydroxylation is 3. The fraction of sp³-hybridized carbons (Fsp3) is 0.304. The quantitative estimate of drug-likeness (QED) is 0.632. The summed E-state index contributed by atoms with van der Waals surface area (Å²) in [5.74, 6) is 1.49. The first-order valence-electron chi connectivity index (χ1n) is 9.39. The van der Waals surface area contributed by atoms with Gasteiger partial charge in [0.05, 0.1) is 12.2 Å². The Bertz CT molecular complexity index is 900. The largest absolute Gasteiger partial charge is 0.441 e. The number of amides is 1. The summed E-state index contributed by atoms with van der Waals surface area (Å²) in [6.07, 6.45) is 3.56. The number of aromatic nitrogens is 1. The summed E-state index contributed by atoms with van der Waals surface area (Å²) in [5.41, 5.74) is 4.58. The van der Waals surface area contributed by atoms with Crippen LogP contribution >= 0.6 is 0 Å². The van der Waals surface area contributed by atoms with E-state index < -0.39 is 0 Å². The first kappa shape index (κ1) is 18.9. The van der Waals surface area contributed by atoms with Crippen LogP contribution in [0, 0.1) is 13.8 Å². The molecule has 1 atom stereocenters. The second-order valence-corrected chi connectivity index (χ2v) is 6.99. The minimum atomic E-state index is 0.00354. The van der Waals surface area contributed by atoms with Gasteiger partial charge in [-0.25, -0.2) is 4.98 Å². The Balaban J connectivity index is 1.48. The van der Waals surface area contributed by atoms with Crippen LogP contribution in [0.5, 0.6) is 0 Å². The van der Waals surface area contributed by atoms with E-state index in [1.807, 2.05) is 37.3 Å². The topological polar surface area (TPSA) is 55.1 Å².